The van der Waals surface area contributed by atoms with Crippen molar-refractivity contribution < 1.29 is 13.7 Å². The molecule has 0 radical (unpaired) electrons. The summed E-state index contributed by atoms with van der Waals surface area (Å²) in [5.41, 5.74) is 2.96. The van der Waals surface area contributed by atoms with Crippen LogP contribution in [0, 0.1) is 19.7 Å². The Bertz CT molecular complexity index is 1160. The molecule has 2 aromatic heterocycles. The van der Waals surface area contributed by atoms with Gasteiger partial charge in [0, 0.05) is 17.4 Å². The number of benzene rings is 2. The van der Waals surface area contributed by atoms with Gasteiger partial charge >= 0.3 is 0 Å². The molecule has 0 atom stereocenters. The van der Waals surface area contributed by atoms with Crippen molar-refractivity contribution in [1.82, 2.24) is 19.7 Å². The van der Waals surface area contributed by atoms with Crippen LogP contribution in [0.5, 0.6) is 0 Å². The summed E-state index contributed by atoms with van der Waals surface area (Å²) in [6, 6.07) is 13.4. The van der Waals surface area contributed by atoms with E-state index in [4.69, 9.17) is 4.52 Å². The molecule has 0 spiro atoms. The van der Waals surface area contributed by atoms with Crippen LogP contribution in [0.3, 0.4) is 0 Å². The summed E-state index contributed by atoms with van der Waals surface area (Å²) in [7, 11) is 0. The summed E-state index contributed by atoms with van der Waals surface area (Å²) in [5.74, 6) is 0.781. The fourth-order valence-corrected chi connectivity index (χ4v) is 2.89. The minimum absolute atomic E-state index is 0.0544. The summed E-state index contributed by atoms with van der Waals surface area (Å²) < 4.78 is 20.0. The molecule has 2 heterocycles. The Morgan fingerprint density at radius 3 is 2.69 bits per heavy atom. The third-order valence-electron chi connectivity index (χ3n) is 4.34. The summed E-state index contributed by atoms with van der Waals surface area (Å²) in [4.78, 5) is 21.1. The normalized spacial score (nSPS) is 10.9. The first kappa shape index (κ1) is 18.5. The number of rotatable bonds is 5. The maximum Gasteiger partial charge on any atom is 0.258 e. The van der Waals surface area contributed by atoms with Crippen LogP contribution in [0.4, 0.5) is 10.1 Å². The zero-order valence-corrected chi connectivity index (χ0v) is 15.9. The number of aromatic nitrogens is 4. The van der Waals surface area contributed by atoms with Gasteiger partial charge in [0.1, 0.15) is 23.9 Å². The molecule has 0 unspecified atom stereocenters. The molecule has 1 amide bonds. The fourth-order valence-electron chi connectivity index (χ4n) is 2.89. The number of nitrogens with one attached hydrogen (secondary N) is 1. The van der Waals surface area contributed by atoms with Crippen LogP contribution < -0.4 is 5.32 Å². The highest BCUT2D eigenvalue weighted by Crippen LogP contribution is 2.22. The highest BCUT2D eigenvalue weighted by molar-refractivity contribution is 5.90. The van der Waals surface area contributed by atoms with Gasteiger partial charge in [-0.1, -0.05) is 22.9 Å². The predicted octanol–water partition coefficient (Wildman–Crippen LogP) is 3.99. The number of hydrogen-bond acceptors (Lipinski definition) is 5. The van der Waals surface area contributed by atoms with Crippen molar-refractivity contribution in [2.75, 3.05) is 5.32 Å². The summed E-state index contributed by atoms with van der Waals surface area (Å²) in [5, 5.41) is 6.72. The molecule has 0 saturated heterocycles. The van der Waals surface area contributed by atoms with Gasteiger partial charge in [-0.25, -0.2) is 9.37 Å². The molecule has 2 aromatic carbocycles. The van der Waals surface area contributed by atoms with Gasteiger partial charge in [-0.05, 0) is 50.2 Å². The molecule has 0 aliphatic rings. The molecule has 1 N–H and O–H groups in total. The van der Waals surface area contributed by atoms with E-state index in [0.29, 0.717) is 28.9 Å². The van der Waals surface area contributed by atoms with Crippen molar-refractivity contribution in [1.29, 1.82) is 0 Å². The molecule has 0 aliphatic carbocycles. The Kier molecular flexibility index (Phi) is 4.90. The second kappa shape index (κ2) is 7.67. The van der Waals surface area contributed by atoms with Gasteiger partial charge in [-0.3, -0.25) is 4.79 Å². The number of nitrogens with zero attached hydrogens (tertiary/aromatic N) is 4. The number of hydrogen-bond donors (Lipinski definition) is 1. The Labute approximate surface area is 166 Å². The Hall–Kier alpha value is -3.81. The van der Waals surface area contributed by atoms with Gasteiger partial charge in [0.2, 0.25) is 11.7 Å². The van der Waals surface area contributed by atoms with E-state index in [1.807, 2.05) is 31.2 Å². The van der Waals surface area contributed by atoms with Crippen LogP contribution >= 0.6 is 0 Å². The van der Waals surface area contributed by atoms with Crippen molar-refractivity contribution in [2.45, 2.75) is 20.4 Å². The van der Waals surface area contributed by atoms with Crippen LogP contribution in [0.2, 0.25) is 0 Å². The largest absolute Gasteiger partial charge is 0.334 e. The average molecular weight is 391 g/mol. The van der Waals surface area contributed by atoms with E-state index in [1.54, 1.807) is 17.7 Å². The maximum absolute atomic E-state index is 13.0. The van der Waals surface area contributed by atoms with E-state index in [2.05, 4.69) is 20.4 Å². The number of halogens is 1. The van der Waals surface area contributed by atoms with Crippen molar-refractivity contribution >= 4 is 11.6 Å². The zero-order chi connectivity index (χ0) is 20.4. The standard InChI is InChI=1S/C21H18FN5O2/c1-13-4-3-5-15(10-13)21-25-20(26-29-21)18-11-27(14(2)23-18)12-19(28)24-17-8-6-16(22)7-9-17/h3-11H,12H2,1-2H3,(H,24,28). The minimum Gasteiger partial charge on any atom is -0.334 e. The quantitative estimate of drug-likeness (QED) is 0.556. The van der Waals surface area contributed by atoms with E-state index >= 15 is 0 Å². The molecule has 0 bridgehead atoms. The molecule has 4 aromatic rings. The third kappa shape index (κ3) is 4.21. The van der Waals surface area contributed by atoms with Gasteiger partial charge in [-0.15, -0.1) is 0 Å². The Morgan fingerprint density at radius 1 is 1.14 bits per heavy atom. The lowest BCUT2D eigenvalue weighted by molar-refractivity contribution is -0.116. The van der Waals surface area contributed by atoms with Gasteiger partial charge in [0.15, 0.2) is 0 Å². The van der Waals surface area contributed by atoms with Crippen molar-refractivity contribution in [3.8, 4) is 23.0 Å². The third-order valence-corrected chi connectivity index (χ3v) is 4.34. The molecule has 0 aliphatic heterocycles. The molecule has 4 rings (SSSR count). The molecule has 7 nitrogen and oxygen atoms in total. The van der Waals surface area contributed by atoms with Crippen LogP contribution in [0.15, 0.2) is 59.3 Å². The van der Waals surface area contributed by atoms with Crippen LogP contribution in [0.25, 0.3) is 23.0 Å². The van der Waals surface area contributed by atoms with Crippen LogP contribution in [-0.2, 0) is 11.3 Å². The Balaban J connectivity index is 1.49. The highest BCUT2D eigenvalue weighted by atomic mass is 19.1. The summed E-state index contributed by atoms with van der Waals surface area (Å²) in [6.45, 7) is 3.83. The lowest BCUT2D eigenvalue weighted by Crippen LogP contribution is -2.19. The topological polar surface area (TPSA) is 85.8 Å². The van der Waals surface area contributed by atoms with Gasteiger partial charge in [0.05, 0.1) is 0 Å². The number of anilines is 1. The van der Waals surface area contributed by atoms with E-state index < -0.39 is 0 Å². The van der Waals surface area contributed by atoms with Gasteiger partial charge < -0.3 is 14.4 Å². The number of imidazole rings is 1. The number of carbonyl (C=O) groups is 1. The van der Waals surface area contributed by atoms with E-state index in [1.165, 1.54) is 24.3 Å². The lowest BCUT2D eigenvalue weighted by atomic mass is 10.1. The van der Waals surface area contributed by atoms with Gasteiger partial charge in [0.25, 0.3) is 5.89 Å². The predicted molar refractivity (Wildman–Crippen MR) is 105 cm³/mol. The van der Waals surface area contributed by atoms with Gasteiger partial charge in [-0.2, -0.15) is 4.98 Å². The zero-order valence-electron chi connectivity index (χ0n) is 15.9. The molecule has 29 heavy (non-hydrogen) atoms. The van der Waals surface area contributed by atoms with Crippen LogP contribution in [0.1, 0.15) is 11.4 Å². The molecule has 146 valence electrons. The van der Waals surface area contributed by atoms with E-state index in [-0.39, 0.29) is 18.3 Å². The van der Waals surface area contributed by atoms with Crippen LogP contribution in [-0.4, -0.2) is 25.6 Å². The van der Waals surface area contributed by atoms with Crippen molar-refractivity contribution in [3.63, 3.8) is 0 Å². The highest BCUT2D eigenvalue weighted by Gasteiger charge is 2.16. The first-order chi connectivity index (χ1) is 14.0. The summed E-state index contributed by atoms with van der Waals surface area (Å²) >= 11 is 0. The Morgan fingerprint density at radius 2 is 1.93 bits per heavy atom. The minimum atomic E-state index is -0.358. The monoisotopic (exact) mass is 391 g/mol. The molecule has 8 heteroatoms. The number of amides is 1. The number of aryl methyl sites for hydroxylation is 2. The molecular formula is C21H18FN5O2. The summed E-state index contributed by atoms with van der Waals surface area (Å²) in [6.07, 6.45) is 1.70. The van der Waals surface area contributed by atoms with Crippen molar-refractivity contribution in [2.24, 2.45) is 0 Å². The second-order valence-corrected chi connectivity index (χ2v) is 6.65. The first-order valence-electron chi connectivity index (χ1n) is 8.98. The van der Waals surface area contributed by atoms with E-state index in [9.17, 15) is 9.18 Å². The average Bonchev–Trinajstić information content (AvgIpc) is 3.31. The molecule has 0 fully saturated rings. The van der Waals surface area contributed by atoms with Crippen molar-refractivity contribution in [3.05, 3.63) is 71.9 Å². The lowest BCUT2D eigenvalue weighted by Gasteiger charge is -2.06. The molecular weight excluding hydrogens is 373 g/mol. The van der Waals surface area contributed by atoms with E-state index in [0.717, 1.165) is 11.1 Å². The smallest absolute Gasteiger partial charge is 0.258 e. The SMILES string of the molecule is Cc1cccc(-c2nc(-c3cn(CC(=O)Nc4ccc(F)cc4)c(C)n3)no2)c1. The number of carbonyl (C=O) groups excluding carboxylic acids is 1. The second-order valence-electron chi connectivity index (χ2n) is 6.65. The maximum atomic E-state index is 13.0. The first-order valence-corrected chi connectivity index (χ1v) is 8.98. The fraction of sp³-hybridized carbons (Fsp3) is 0.143. The molecule has 0 saturated carbocycles.